The Kier molecular flexibility index (Phi) is 2.85. The van der Waals surface area contributed by atoms with E-state index < -0.39 is 11.2 Å². The Morgan fingerprint density at radius 3 is 2.68 bits per heavy atom. The second-order valence-electron chi connectivity index (χ2n) is 4.37. The van der Waals surface area contributed by atoms with Crippen molar-refractivity contribution in [1.82, 2.24) is 9.97 Å². The van der Waals surface area contributed by atoms with Gasteiger partial charge in [-0.2, -0.15) is 0 Å². The number of nitrogens with one attached hydrogen (secondary N) is 2. The van der Waals surface area contributed by atoms with E-state index in [2.05, 4.69) is 25.9 Å². The lowest BCUT2D eigenvalue weighted by Crippen LogP contribution is -2.22. The molecule has 1 aromatic heterocycles. The number of rotatable bonds is 3. The Morgan fingerprint density at radius 2 is 2.05 bits per heavy atom. The van der Waals surface area contributed by atoms with E-state index in [9.17, 15) is 9.59 Å². The summed E-state index contributed by atoms with van der Waals surface area (Å²) < 4.78 is 11.6. The number of ether oxygens (including phenoxy) is 2. The first-order chi connectivity index (χ1) is 9.10. The fourth-order valence-corrected chi connectivity index (χ4v) is 2.41. The van der Waals surface area contributed by atoms with Gasteiger partial charge in [0, 0.05) is 0 Å². The van der Waals surface area contributed by atoms with E-state index in [1.54, 1.807) is 6.07 Å². The van der Waals surface area contributed by atoms with Crippen LogP contribution in [-0.2, 0) is 0 Å². The summed E-state index contributed by atoms with van der Waals surface area (Å²) >= 11 is 3.38. The van der Waals surface area contributed by atoms with Crippen molar-refractivity contribution in [2.45, 2.75) is 18.9 Å². The third kappa shape index (κ3) is 2.14. The molecule has 0 aliphatic heterocycles. The largest absolute Gasteiger partial charge is 0.495 e. The van der Waals surface area contributed by atoms with Gasteiger partial charge in [-0.25, -0.2) is 4.79 Å². The summed E-state index contributed by atoms with van der Waals surface area (Å²) in [5, 5.41) is 0.329. The lowest BCUT2D eigenvalue weighted by molar-refractivity contribution is 0.301. The van der Waals surface area contributed by atoms with Gasteiger partial charge in [0.05, 0.1) is 24.1 Å². The molecule has 0 atom stereocenters. The highest BCUT2D eigenvalue weighted by Crippen LogP contribution is 2.41. The van der Waals surface area contributed by atoms with Gasteiger partial charge in [0.2, 0.25) is 0 Å². The highest BCUT2D eigenvalue weighted by Gasteiger charge is 2.27. The predicted octanol–water partition coefficient (Wildman–Crippen LogP) is 1.53. The summed E-state index contributed by atoms with van der Waals surface area (Å²) in [6, 6.07) is 1.56. The van der Waals surface area contributed by atoms with Crippen LogP contribution in [0.15, 0.2) is 20.1 Å². The molecule has 2 N–H and O–H groups in total. The van der Waals surface area contributed by atoms with Gasteiger partial charge in [-0.1, -0.05) is 0 Å². The summed E-state index contributed by atoms with van der Waals surface area (Å²) in [4.78, 5) is 28.0. The van der Waals surface area contributed by atoms with E-state index in [1.165, 1.54) is 7.11 Å². The topological polar surface area (TPSA) is 84.2 Å². The van der Waals surface area contributed by atoms with E-state index in [1.807, 2.05) is 0 Å². The molecule has 1 aromatic carbocycles. The van der Waals surface area contributed by atoms with Gasteiger partial charge in [0.15, 0.2) is 5.75 Å². The molecule has 0 saturated heterocycles. The minimum absolute atomic E-state index is 0.134. The van der Waals surface area contributed by atoms with Crippen LogP contribution in [0.3, 0.4) is 0 Å². The number of aromatic nitrogens is 2. The van der Waals surface area contributed by atoms with Gasteiger partial charge in [0.1, 0.15) is 10.2 Å². The van der Waals surface area contributed by atoms with E-state index in [4.69, 9.17) is 9.47 Å². The molecule has 2 aromatic rings. The van der Waals surface area contributed by atoms with Crippen molar-refractivity contribution < 1.29 is 9.47 Å². The summed E-state index contributed by atoms with van der Waals surface area (Å²) in [5.74, 6) is 0.931. The lowest BCUT2D eigenvalue weighted by Gasteiger charge is -2.13. The maximum Gasteiger partial charge on any atom is 0.326 e. The minimum atomic E-state index is -0.560. The number of hydrogen-bond acceptors (Lipinski definition) is 4. The Hall–Kier alpha value is -1.76. The van der Waals surface area contributed by atoms with Crippen LogP contribution in [-0.4, -0.2) is 23.2 Å². The molecule has 6 nitrogen and oxygen atoms in total. The van der Waals surface area contributed by atoms with Crippen molar-refractivity contribution in [2.24, 2.45) is 0 Å². The van der Waals surface area contributed by atoms with Crippen molar-refractivity contribution in [3.63, 3.8) is 0 Å². The van der Waals surface area contributed by atoms with Crippen molar-refractivity contribution in [3.8, 4) is 11.5 Å². The molecule has 7 heteroatoms. The number of fused-ring (bicyclic) bond motifs is 1. The predicted molar refractivity (Wildman–Crippen MR) is 73.1 cm³/mol. The highest BCUT2D eigenvalue weighted by atomic mass is 79.9. The number of halogens is 1. The van der Waals surface area contributed by atoms with Crippen LogP contribution in [0.1, 0.15) is 12.8 Å². The first-order valence-electron chi connectivity index (χ1n) is 5.79. The molecule has 1 saturated carbocycles. The van der Waals surface area contributed by atoms with Crippen LogP contribution < -0.4 is 20.7 Å². The second kappa shape index (κ2) is 4.41. The Morgan fingerprint density at radius 1 is 1.32 bits per heavy atom. The average Bonchev–Trinajstić information content (AvgIpc) is 3.17. The van der Waals surface area contributed by atoms with Crippen molar-refractivity contribution >= 4 is 26.8 Å². The van der Waals surface area contributed by atoms with E-state index >= 15 is 0 Å². The molecule has 0 unspecified atom stereocenters. The minimum Gasteiger partial charge on any atom is -0.495 e. The molecule has 0 bridgehead atoms. The van der Waals surface area contributed by atoms with E-state index in [0.29, 0.717) is 26.9 Å². The quantitative estimate of drug-likeness (QED) is 0.895. The SMILES string of the molecule is COc1cc2c(=O)[nH]c(=O)[nH]c2c(OC2CC2)c1Br. The van der Waals surface area contributed by atoms with Gasteiger partial charge in [0.25, 0.3) is 5.56 Å². The number of hydrogen-bond donors (Lipinski definition) is 2. The van der Waals surface area contributed by atoms with Gasteiger partial charge in [-0.05, 0) is 34.8 Å². The molecule has 19 heavy (non-hydrogen) atoms. The summed E-state index contributed by atoms with van der Waals surface area (Å²) in [6.07, 6.45) is 2.08. The normalized spacial score (nSPS) is 14.6. The van der Waals surface area contributed by atoms with Crippen LogP contribution in [0.2, 0.25) is 0 Å². The molecule has 100 valence electrons. The van der Waals surface area contributed by atoms with Crippen LogP contribution in [0.25, 0.3) is 10.9 Å². The first kappa shape index (κ1) is 12.3. The van der Waals surface area contributed by atoms with Crippen molar-refractivity contribution in [1.29, 1.82) is 0 Å². The Balaban J connectivity index is 2.36. The van der Waals surface area contributed by atoms with Crippen molar-refractivity contribution in [2.75, 3.05) is 7.11 Å². The molecule has 1 fully saturated rings. The van der Waals surface area contributed by atoms with Gasteiger partial charge in [-0.15, -0.1) is 0 Å². The highest BCUT2D eigenvalue weighted by molar-refractivity contribution is 9.10. The molecular weight excluding hydrogens is 316 g/mol. The zero-order valence-electron chi connectivity index (χ0n) is 10.1. The molecule has 0 radical (unpaired) electrons. The maximum absolute atomic E-state index is 11.8. The summed E-state index contributed by atoms with van der Waals surface area (Å²) in [6.45, 7) is 0. The smallest absolute Gasteiger partial charge is 0.326 e. The standard InChI is InChI=1S/C12H11BrN2O4/c1-18-7-4-6-9(14-12(17)15-11(6)16)10(8(7)13)19-5-2-3-5/h4-5H,2-3H2,1H3,(H2,14,15,16,17). The number of benzene rings is 1. The van der Waals surface area contributed by atoms with Crippen LogP contribution in [0.5, 0.6) is 11.5 Å². The molecule has 1 heterocycles. The Labute approximate surface area is 115 Å². The van der Waals surface area contributed by atoms with E-state index in [0.717, 1.165) is 12.8 Å². The zero-order chi connectivity index (χ0) is 13.6. The average molecular weight is 327 g/mol. The van der Waals surface area contributed by atoms with Gasteiger partial charge < -0.3 is 14.5 Å². The Bertz CT molecular complexity index is 761. The fraction of sp³-hybridized carbons (Fsp3) is 0.333. The summed E-state index contributed by atoms with van der Waals surface area (Å²) in [7, 11) is 1.51. The van der Waals surface area contributed by atoms with Crippen molar-refractivity contribution in [3.05, 3.63) is 31.4 Å². The fourth-order valence-electron chi connectivity index (χ4n) is 1.84. The monoisotopic (exact) mass is 326 g/mol. The molecule has 1 aliphatic carbocycles. The summed E-state index contributed by atoms with van der Waals surface area (Å²) in [5.41, 5.74) is -0.645. The number of methoxy groups -OCH3 is 1. The first-order valence-corrected chi connectivity index (χ1v) is 6.59. The lowest BCUT2D eigenvalue weighted by atomic mass is 10.2. The maximum atomic E-state index is 11.8. The second-order valence-corrected chi connectivity index (χ2v) is 5.16. The van der Waals surface area contributed by atoms with Crippen LogP contribution in [0.4, 0.5) is 0 Å². The zero-order valence-corrected chi connectivity index (χ0v) is 11.7. The molecule has 0 amide bonds. The number of H-pyrrole nitrogens is 2. The number of aromatic amines is 2. The molecule has 0 spiro atoms. The third-order valence-corrected chi connectivity index (χ3v) is 3.68. The van der Waals surface area contributed by atoms with Crippen LogP contribution in [0, 0.1) is 0 Å². The third-order valence-electron chi connectivity index (χ3n) is 2.93. The molecule has 3 rings (SSSR count). The van der Waals surface area contributed by atoms with Crippen LogP contribution >= 0.6 is 15.9 Å². The van der Waals surface area contributed by atoms with Gasteiger partial charge in [-0.3, -0.25) is 9.78 Å². The van der Waals surface area contributed by atoms with Gasteiger partial charge >= 0.3 is 5.69 Å². The molecule has 1 aliphatic rings. The molecular formula is C12H11BrN2O4. The van der Waals surface area contributed by atoms with E-state index in [-0.39, 0.29) is 6.10 Å².